The summed E-state index contributed by atoms with van der Waals surface area (Å²) in [6, 6.07) is 3.23. The van der Waals surface area contributed by atoms with Gasteiger partial charge in [0.2, 0.25) is 11.8 Å². The monoisotopic (exact) mass is 371 g/mol. The average Bonchev–Trinajstić information content (AvgIpc) is 3.24. The van der Waals surface area contributed by atoms with Crippen LogP contribution in [-0.2, 0) is 16.0 Å². The van der Waals surface area contributed by atoms with Crippen LogP contribution in [0.25, 0.3) is 10.7 Å². The van der Waals surface area contributed by atoms with E-state index in [1.165, 1.54) is 23.6 Å². The van der Waals surface area contributed by atoms with Crippen molar-refractivity contribution >= 4 is 23.2 Å². The van der Waals surface area contributed by atoms with E-state index in [4.69, 9.17) is 5.26 Å². The number of nitrogens with one attached hydrogen (secondary N) is 1. The first-order chi connectivity index (χ1) is 12.6. The Morgan fingerprint density at radius 2 is 2.35 bits per heavy atom. The first kappa shape index (κ1) is 17.8. The molecular weight excluding hydrogens is 354 g/mol. The molecule has 2 amide bonds. The maximum atomic E-state index is 12.0. The Balaban J connectivity index is 1.54. The third-order valence-electron chi connectivity index (χ3n) is 3.97. The van der Waals surface area contributed by atoms with Gasteiger partial charge in [-0.3, -0.25) is 9.59 Å². The van der Waals surface area contributed by atoms with E-state index in [1.807, 2.05) is 6.07 Å². The van der Waals surface area contributed by atoms with Gasteiger partial charge in [-0.25, -0.2) is 9.97 Å². The van der Waals surface area contributed by atoms with Crippen LogP contribution in [0.3, 0.4) is 0 Å². The number of nitrogens with zero attached hydrogens (tertiary/aromatic N) is 4. The van der Waals surface area contributed by atoms with Crippen molar-refractivity contribution in [3.63, 3.8) is 0 Å². The van der Waals surface area contributed by atoms with Crippen LogP contribution in [0.15, 0.2) is 17.6 Å². The molecule has 9 heteroatoms. The Morgan fingerprint density at radius 1 is 1.50 bits per heavy atom. The highest BCUT2D eigenvalue weighted by Gasteiger charge is 2.19. The summed E-state index contributed by atoms with van der Waals surface area (Å²) in [6.45, 7) is 1.70. The second-order valence-corrected chi connectivity index (χ2v) is 6.72. The molecule has 0 aromatic carbocycles. The maximum absolute atomic E-state index is 12.0. The van der Waals surface area contributed by atoms with Crippen molar-refractivity contribution in [1.29, 1.82) is 5.26 Å². The van der Waals surface area contributed by atoms with Crippen molar-refractivity contribution in [2.24, 2.45) is 0 Å². The molecule has 134 valence electrons. The van der Waals surface area contributed by atoms with Gasteiger partial charge >= 0.3 is 0 Å². The second kappa shape index (κ2) is 7.93. The SMILES string of the molecule is N#Cc1cnc(-c2nc(CC(=O)NCCN3CCCC3=O)cs2)c(O)c1. The fourth-order valence-corrected chi connectivity index (χ4v) is 3.50. The van der Waals surface area contributed by atoms with Crippen LogP contribution in [0.4, 0.5) is 0 Å². The Labute approximate surface area is 154 Å². The lowest BCUT2D eigenvalue weighted by molar-refractivity contribution is -0.128. The molecule has 0 aliphatic carbocycles. The number of amides is 2. The van der Waals surface area contributed by atoms with Gasteiger partial charge in [-0.2, -0.15) is 5.26 Å². The topological polar surface area (TPSA) is 119 Å². The molecule has 1 fully saturated rings. The van der Waals surface area contributed by atoms with Crippen LogP contribution >= 0.6 is 11.3 Å². The van der Waals surface area contributed by atoms with E-state index in [9.17, 15) is 14.7 Å². The Morgan fingerprint density at radius 3 is 3.04 bits per heavy atom. The number of nitriles is 1. The minimum Gasteiger partial charge on any atom is -0.506 e. The van der Waals surface area contributed by atoms with Crippen LogP contribution in [0, 0.1) is 11.3 Å². The highest BCUT2D eigenvalue weighted by molar-refractivity contribution is 7.13. The van der Waals surface area contributed by atoms with Crippen LogP contribution < -0.4 is 5.32 Å². The van der Waals surface area contributed by atoms with Gasteiger partial charge in [-0.05, 0) is 6.42 Å². The smallest absolute Gasteiger partial charge is 0.226 e. The summed E-state index contributed by atoms with van der Waals surface area (Å²) >= 11 is 1.27. The molecule has 0 unspecified atom stereocenters. The third kappa shape index (κ3) is 4.15. The van der Waals surface area contributed by atoms with Gasteiger partial charge in [0, 0.05) is 43.7 Å². The molecule has 0 saturated carbocycles. The maximum Gasteiger partial charge on any atom is 0.226 e. The third-order valence-corrected chi connectivity index (χ3v) is 4.87. The molecule has 0 bridgehead atoms. The molecule has 2 N–H and O–H groups in total. The van der Waals surface area contributed by atoms with E-state index >= 15 is 0 Å². The molecule has 1 aliphatic heterocycles. The molecule has 2 aromatic heterocycles. The summed E-state index contributed by atoms with van der Waals surface area (Å²) in [5.74, 6) is -0.159. The lowest BCUT2D eigenvalue weighted by Gasteiger charge is -2.15. The minimum atomic E-state index is -0.175. The van der Waals surface area contributed by atoms with Crippen molar-refractivity contribution in [2.75, 3.05) is 19.6 Å². The predicted molar refractivity (Wildman–Crippen MR) is 94.3 cm³/mol. The molecule has 26 heavy (non-hydrogen) atoms. The minimum absolute atomic E-state index is 0.113. The highest BCUT2D eigenvalue weighted by Crippen LogP contribution is 2.30. The first-order valence-electron chi connectivity index (χ1n) is 8.15. The van der Waals surface area contributed by atoms with Gasteiger partial charge in [0.05, 0.1) is 17.7 Å². The number of likely N-dealkylation sites (tertiary alicyclic amines) is 1. The largest absolute Gasteiger partial charge is 0.506 e. The van der Waals surface area contributed by atoms with Crippen LogP contribution in [0.5, 0.6) is 5.75 Å². The Kier molecular flexibility index (Phi) is 5.43. The van der Waals surface area contributed by atoms with Gasteiger partial charge < -0.3 is 15.3 Å². The first-order valence-corrected chi connectivity index (χ1v) is 9.03. The molecule has 0 atom stereocenters. The Bertz CT molecular complexity index is 874. The van der Waals surface area contributed by atoms with Gasteiger partial charge in [0.1, 0.15) is 22.5 Å². The number of hydrogen-bond acceptors (Lipinski definition) is 7. The number of aromatic nitrogens is 2. The quantitative estimate of drug-likeness (QED) is 0.784. The van der Waals surface area contributed by atoms with E-state index in [1.54, 1.807) is 10.3 Å². The molecule has 1 saturated heterocycles. The summed E-state index contributed by atoms with van der Waals surface area (Å²) < 4.78 is 0. The number of aromatic hydroxyl groups is 1. The predicted octanol–water partition coefficient (Wildman–Crippen LogP) is 1.06. The van der Waals surface area contributed by atoms with Gasteiger partial charge in [-0.15, -0.1) is 11.3 Å². The lowest BCUT2D eigenvalue weighted by Crippen LogP contribution is -2.36. The summed E-state index contributed by atoms with van der Waals surface area (Å²) in [6.07, 6.45) is 2.94. The zero-order valence-corrected chi connectivity index (χ0v) is 14.8. The van der Waals surface area contributed by atoms with Crippen molar-refractivity contribution < 1.29 is 14.7 Å². The van der Waals surface area contributed by atoms with E-state index < -0.39 is 0 Å². The van der Waals surface area contributed by atoms with Gasteiger partial charge in [0.25, 0.3) is 0 Å². The molecule has 3 heterocycles. The van der Waals surface area contributed by atoms with Crippen molar-refractivity contribution in [2.45, 2.75) is 19.3 Å². The molecule has 0 spiro atoms. The van der Waals surface area contributed by atoms with E-state index in [0.717, 1.165) is 13.0 Å². The molecule has 8 nitrogen and oxygen atoms in total. The summed E-state index contributed by atoms with van der Waals surface area (Å²) in [7, 11) is 0. The van der Waals surface area contributed by atoms with Crippen molar-refractivity contribution in [1.82, 2.24) is 20.2 Å². The van der Waals surface area contributed by atoms with E-state index in [2.05, 4.69) is 15.3 Å². The normalized spacial score (nSPS) is 13.7. The molecule has 2 aromatic rings. The fourth-order valence-electron chi connectivity index (χ4n) is 2.67. The number of thiazole rings is 1. The van der Waals surface area contributed by atoms with Gasteiger partial charge in [-0.1, -0.05) is 0 Å². The number of pyridine rings is 1. The van der Waals surface area contributed by atoms with Crippen molar-refractivity contribution in [3.05, 3.63) is 28.9 Å². The number of carbonyl (C=O) groups excluding carboxylic acids is 2. The van der Waals surface area contributed by atoms with Crippen LogP contribution in [0.2, 0.25) is 0 Å². The highest BCUT2D eigenvalue weighted by atomic mass is 32.1. The average molecular weight is 371 g/mol. The summed E-state index contributed by atoms with van der Waals surface area (Å²) in [4.78, 5) is 33.6. The Hall–Kier alpha value is -2.99. The zero-order valence-electron chi connectivity index (χ0n) is 13.9. The number of hydrogen-bond donors (Lipinski definition) is 2. The van der Waals surface area contributed by atoms with Gasteiger partial charge in [0.15, 0.2) is 0 Å². The van der Waals surface area contributed by atoms with E-state index in [-0.39, 0.29) is 35.2 Å². The molecule has 3 rings (SSSR count). The number of carbonyl (C=O) groups is 2. The molecule has 0 radical (unpaired) electrons. The second-order valence-electron chi connectivity index (χ2n) is 5.86. The van der Waals surface area contributed by atoms with Crippen LogP contribution in [0.1, 0.15) is 24.1 Å². The number of rotatable bonds is 6. The van der Waals surface area contributed by atoms with Crippen molar-refractivity contribution in [3.8, 4) is 22.5 Å². The zero-order chi connectivity index (χ0) is 18.5. The summed E-state index contributed by atoms with van der Waals surface area (Å²) in [5, 5.41) is 23.8. The lowest BCUT2D eigenvalue weighted by atomic mass is 10.2. The van der Waals surface area contributed by atoms with E-state index in [0.29, 0.717) is 30.2 Å². The standard InChI is InChI=1S/C17H17N5O3S/c18-8-11-6-13(23)16(20-9-11)17-21-12(10-26-17)7-14(24)19-3-5-22-4-1-2-15(22)25/h6,9-10,23H,1-5,7H2,(H,19,24). The summed E-state index contributed by atoms with van der Waals surface area (Å²) in [5.41, 5.74) is 1.12. The van der Waals surface area contributed by atoms with Crippen LogP contribution in [-0.4, -0.2) is 51.4 Å². The fraction of sp³-hybridized carbons (Fsp3) is 0.353. The molecular formula is C17H17N5O3S. The molecule has 1 aliphatic rings.